The lowest BCUT2D eigenvalue weighted by molar-refractivity contribution is 0.0472. The first kappa shape index (κ1) is 19.9. The van der Waals surface area contributed by atoms with Crippen LogP contribution in [-0.4, -0.2) is 29.7 Å². The van der Waals surface area contributed by atoms with Crippen LogP contribution in [0.1, 0.15) is 41.0 Å². The molecule has 0 atom stereocenters. The summed E-state index contributed by atoms with van der Waals surface area (Å²) in [5.41, 5.74) is 1.65. The van der Waals surface area contributed by atoms with Gasteiger partial charge in [0.05, 0.1) is 30.7 Å². The van der Waals surface area contributed by atoms with Crippen LogP contribution >= 0.6 is 0 Å². The van der Waals surface area contributed by atoms with Crippen molar-refractivity contribution >= 4 is 16.9 Å². The summed E-state index contributed by atoms with van der Waals surface area (Å²) in [7, 11) is 3.12. The van der Waals surface area contributed by atoms with Crippen molar-refractivity contribution in [3.8, 4) is 11.5 Å². The molecule has 2 heterocycles. The molecule has 1 aliphatic rings. The maximum Gasteiger partial charge on any atom is 0.338 e. The van der Waals surface area contributed by atoms with E-state index in [-0.39, 0.29) is 12.2 Å². The number of aromatic nitrogens is 2. The molecule has 0 radical (unpaired) electrons. The summed E-state index contributed by atoms with van der Waals surface area (Å²) in [5.74, 6) is 1.50. The van der Waals surface area contributed by atoms with Gasteiger partial charge in [-0.25, -0.2) is 9.78 Å². The zero-order chi connectivity index (χ0) is 21.1. The Balaban J connectivity index is 1.56. The van der Waals surface area contributed by atoms with E-state index in [1.165, 1.54) is 0 Å². The lowest BCUT2D eigenvalue weighted by Crippen LogP contribution is -2.24. The van der Waals surface area contributed by atoms with E-state index in [2.05, 4.69) is 4.98 Å². The number of hydrogen-bond acceptors (Lipinski definition) is 6. The molecule has 1 aromatic heterocycles. The van der Waals surface area contributed by atoms with E-state index in [0.29, 0.717) is 34.5 Å². The highest BCUT2D eigenvalue weighted by atomic mass is 16.5. The normalized spacial score (nSPS) is 13.4. The summed E-state index contributed by atoms with van der Waals surface area (Å²) in [4.78, 5) is 30.1. The smallest absolute Gasteiger partial charge is 0.338 e. The van der Waals surface area contributed by atoms with Crippen LogP contribution in [0, 0.1) is 0 Å². The van der Waals surface area contributed by atoms with Gasteiger partial charge in [-0.3, -0.25) is 9.36 Å². The van der Waals surface area contributed by atoms with Crippen LogP contribution in [0.5, 0.6) is 11.5 Å². The van der Waals surface area contributed by atoms with Crippen molar-refractivity contribution < 1.29 is 19.0 Å². The molecule has 0 saturated carbocycles. The first-order valence-electron chi connectivity index (χ1n) is 10.0. The number of nitrogens with zero attached hydrogens (tertiary/aromatic N) is 2. The molecule has 2 aromatic carbocycles. The number of ether oxygens (including phenoxy) is 3. The van der Waals surface area contributed by atoms with Gasteiger partial charge in [0.2, 0.25) is 0 Å². The van der Waals surface area contributed by atoms with Gasteiger partial charge in [0.15, 0.2) is 11.5 Å². The van der Waals surface area contributed by atoms with Crippen LogP contribution in [0.15, 0.2) is 41.2 Å². The molecule has 4 rings (SSSR count). The minimum Gasteiger partial charge on any atom is -0.493 e. The molecule has 0 amide bonds. The molecule has 7 nitrogen and oxygen atoms in total. The molecule has 7 heteroatoms. The van der Waals surface area contributed by atoms with E-state index in [9.17, 15) is 9.59 Å². The first-order valence-corrected chi connectivity index (χ1v) is 10.0. The summed E-state index contributed by atoms with van der Waals surface area (Å²) < 4.78 is 17.7. The number of rotatable bonds is 5. The molecule has 30 heavy (non-hydrogen) atoms. The van der Waals surface area contributed by atoms with Crippen molar-refractivity contribution in [2.75, 3.05) is 14.2 Å². The number of esters is 1. The molecule has 3 aromatic rings. The van der Waals surface area contributed by atoms with Gasteiger partial charge in [-0.05, 0) is 48.7 Å². The monoisotopic (exact) mass is 408 g/mol. The molecule has 0 bridgehead atoms. The molecule has 0 N–H and O–H groups in total. The van der Waals surface area contributed by atoms with Crippen LogP contribution in [0.4, 0.5) is 0 Å². The molecule has 0 spiro atoms. The highest BCUT2D eigenvalue weighted by Gasteiger charge is 2.16. The summed E-state index contributed by atoms with van der Waals surface area (Å²) in [6.07, 6.45) is 3.87. The van der Waals surface area contributed by atoms with E-state index in [1.807, 2.05) is 6.07 Å². The van der Waals surface area contributed by atoms with Crippen LogP contribution in [0.2, 0.25) is 0 Å². The lowest BCUT2D eigenvalue weighted by atomic mass is 10.1. The zero-order valence-electron chi connectivity index (χ0n) is 17.1. The predicted octanol–water partition coefficient (Wildman–Crippen LogP) is 3.50. The maximum atomic E-state index is 12.8. The third-order valence-electron chi connectivity index (χ3n) is 5.37. The lowest BCUT2D eigenvalue weighted by Gasteiger charge is -2.11. The van der Waals surface area contributed by atoms with Gasteiger partial charge in [-0.1, -0.05) is 12.5 Å². The van der Waals surface area contributed by atoms with Gasteiger partial charge >= 0.3 is 5.97 Å². The Morgan fingerprint density at radius 1 is 1.03 bits per heavy atom. The average molecular weight is 408 g/mol. The summed E-state index contributed by atoms with van der Waals surface area (Å²) in [5, 5.41) is 0.525. The molecule has 156 valence electrons. The second-order valence-corrected chi connectivity index (χ2v) is 7.29. The third-order valence-corrected chi connectivity index (χ3v) is 5.37. The highest BCUT2D eigenvalue weighted by Crippen LogP contribution is 2.28. The van der Waals surface area contributed by atoms with E-state index in [0.717, 1.165) is 37.1 Å². The molecule has 0 aliphatic carbocycles. The Morgan fingerprint density at radius 3 is 2.67 bits per heavy atom. The van der Waals surface area contributed by atoms with Crippen LogP contribution in [-0.2, 0) is 24.3 Å². The Kier molecular flexibility index (Phi) is 5.70. The third kappa shape index (κ3) is 3.87. The predicted molar refractivity (Wildman–Crippen MR) is 112 cm³/mol. The number of benzene rings is 2. The fourth-order valence-corrected chi connectivity index (χ4v) is 3.75. The fourth-order valence-electron chi connectivity index (χ4n) is 3.75. The number of hydrogen-bond donors (Lipinski definition) is 0. The Bertz CT molecular complexity index is 1150. The molecular weight excluding hydrogens is 384 g/mol. The summed E-state index contributed by atoms with van der Waals surface area (Å²) in [6.45, 7) is 0.795. The SMILES string of the molecule is COc1ccc(COC(=O)c2ccc3c(=O)n4c(nc3c2)CCCCC4)cc1OC. The second-order valence-electron chi connectivity index (χ2n) is 7.29. The van der Waals surface area contributed by atoms with Gasteiger partial charge in [0, 0.05) is 13.0 Å². The van der Waals surface area contributed by atoms with E-state index >= 15 is 0 Å². The number of methoxy groups -OCH3 is 2. The van der Waals surface area contributed by atoms with Crippen molar-refractivity contribution in [1.82, 2.24) is 9.55 Å². The Morgan fingerprint density at radius 2 is 1.87 bits per heavy atom. The summed E-state index contributed by atoms with van der Waals surface area (Å²) >= 11 is 0. The number of aryl methyl sites for hydroxylation is 1. The Labute approximate surface area is 174 Å². The minimum absolute atomic E-state index is 0.0397. The topological polar surface area (TPSA) is 79.7 Å². The van der Waals surface area contributed by atoms with Gasteiger partial charge in [0.25, 0.3) is 5.56 Å². The minimum atomic E-state index is -0.469. The van der Waals surface area contributed by atoms with Gasteiger partial charge in [-0.15, -0.1) is 0 Å². The average Bonchev–Trinajstić information content (AvgIpc) is 3.02. The standard InChI is InChI=1S/C23H24N2O5/c1-28-19-10-7-15(12-20(19)29-2)14-30-23(27)16-8-9-17-18(13-16)24-21-6-4-3-5-11-25(21)22(17)26/h7-10,12-13H,3-6,11,14H2,1-2H3. The second kappa shape index (κ2) is 8.57. The van der Waals surface area contributed by atoms with Gasteiger partial charge in [0.1, 0.15) is 12.4 Å². The summed E-state index contributed by atoms with van der Waals surface area (Å²) in [6, 6.07) is 10.3. The fraction of sp³-hybridized carbons (Fsp3) is 0.348. The molecular formula is C23H24N2O5. The van der Waals surface area contributed by atoms with Crippen LogP contribution in [0.3, 0.4) is 0 Å². The van der Waals surface area contributed by atoms with Crippen LogP contribution < -0.4 is 15.0 Å². The highest BCUT2D eigenvalue weighted by molar-refractivity contribution is 5.94. The molecule has 0 fully saturated rings. The largest absolute Gasteiger partial charge is 0.493 e. The number of carbonyl (C=O) groups excluding carboxylic acids is 1. The zero-order valence-corrected chi connectivity index (χ0v) is 17.1. The Hall–Kier alpha value is -3.35. The maximum absolute atomic E-state index is 12.8. The van der Waals surface area contributed by atoms with Crippen molar-refractivity contribution in [3.63, 3.8) is 0 Å². The van der Waals surface area contributed by atoms with Crippen molar-refractivity contribution in [1.29, 1.82) is 0 Å². The molecule has 0 saturated heterocycles. The quantitative estimate of drug-likeness (QED) is 0.601. The number of fused-ring (bicyclic) bond motifs is 2. The molecule has 0 unspecified atom stereocenters. The first-order chi connectivity index (χ1) is 14.6. The molecule has 1 aliphatic heterocycles. The van der Waals surface area contributed by atoms with Gasteiger partial charge in [-0.2, -0.15) is 0 Å². The van der Waals surface area contributed by atoms with E-state index < -0.39 is 5.97 Å². The van der Waals surface area contributed by atoms with Crippen molar-refractivity contribution in [2.45, 2.75) is 38.8 Å². The van der Waals surface area contributed by atoms with Gasteiger partial charge < -0.3 is 14.2 Å². The van der Waals surface area contributed by atoms with Crippen molar-refractivity contribution in [3.05, 3.63) is 63.7 Å². The van der Waals surface area contributed by atoms with E-state index in [1.54, 1.807) is 49.1 Å². The van der Waals surface area contributed by atoms with E-state index in [4.69, 9.17) is 14.2 Å². The van der Waals surface area contributed by atoms with Crippen molar-refractivity contribution in [2.24, 2.45) is 0 Å². The number of carbonyl (C=O) groups is 1. The van der Waals surface area contributed by atoms with Crippen LogP contribution in [0.25, 0.3) is 10.9 Å².